The number of nitrogens with two attached hydrogens (primary N) is 1. The Hall–Kier alpha value is -1.72. The van der Waals surface area contributed by atoms with Crippen LogP contribution in [0.5, 0.6) is 0 Å². The van der Waals surface area contributed by atoms with E-state index in [2.05, 4.69) is 0 Å². The van der Waals surface area contributed by atoms with Gasteiger partial charge in [0.15, 0.2) is 0 Å². The van der Waals surface area contributed by atoms with Gasteiger partial charge in [-0.1, -0.05) is 12.1 Å². The first kappa shape index (κ1) is 15.7. The number of hydrogen-bond acceptors (Lipinski definition) is 3. The zero-order chi connectivity index (χ0) is 15.4. The quantitative estimate of drug-likeness (QED) is 0.921. The summed E-state index contributed by atoms with van der Waals surface area (Å²) in [4.78, 5) is 15.8. The van der Waals surface area contributed by atoms with E-state index in [1.54, 1.807) is 28.4 Å². The lowest BCUT2D eigenvalue weighted by Gasteiger charge is -2.25. The third-order valence-electron chi connectivity index (χ3n) is 3.23. The Balaban J connectivity index is 2.15. The lowest BCUT2D eigenvalue weighted by molar-refractivity contribution is -0.131. The first-order chi connectivity index (χ1) is 10.0. The molecule has 0 fully saturated rings. The van der Waals surface area contributed by atoms with Gasteiger partial charge < -0.3 is 10.6 Å². The molecule has 2 aromatic rings. The van der Waals surface area contributed by atoms with Gasteiger partial charge in [-0.3, -0.25) is 4.79 Å². The van der Waals surface area contributed by atoms with Gasteiger partial charge in [0.2, 0.25) is 5.91 Å². The SMILES string of the molecule is CC(C)N(Cc1ccc(-c2ccc(F)cc2)s1)C(=O)CN. The molecule has 1 heterocycles. The van der Waals surface area contributed by atoms with Gasteiger partial charge in [-0.15, -0.1) is 11.3 Å². The molecule has 0 spiro atoms. The highest BCUT2D eigenvalue weighted by atomic mass is 32.1. The van der Waals surface area contributed by atoms with Crippen LogP contribution in [0, 0.1) is 5.82 Å². The lowest BCUT2D eigenvalue weighted by Crippen LogP contribution is -2.40. The van der Waals surface area contributed by atoms with Gasteiger partial charge in [-0.2, -0.15) is 0 Å². The van der Waals surface area contributed by atoms with E-state index in [1.807, 2.05) is 26.0 Å². The molecule has 0 aliphatic heterocycles. The maximum Gasteiger partial charge on any atom is 0.236 e. The molecule has 0 aliphatic rings. The number of benzene rings is 1. The third-order valence-corrected chi connectivity index (χ3v) is 4.35. The zero-order valence-corrected chi connectivity index (χ0v) is 13.0. The summed E-state index contributed by atoms with van der Waals surface area (Å²) in [7, 11) is 0. The van der Waals surface area contributed by atoms with Crippen molar-refractivity contribution in [2.45, 2.75) is 26.4 Å². The minimum absolute atomic E-state index is 0.0222. The molecule has 1 aromatic carbocycles. The van der Waals surface area contributed by atoms with E-state index in [9.17, 15) is 9.18 Å². The second-order valence-electron chi connectivity index (χ2n) is 5.09. The van der Waals surface area contributed by atoms with E-state index in [0.29, 0.717) is 6.54 Å². The summed E-state index contributed by atoms with van der Waals surface area (Å²) in [6.07, 6.45) is 0. The fourth-order valence-electron chi connectivity index (χ4n) is 2.08. The monoisotopic (exact) mass is 306 g/mol. The van der Waals surface area contributed by atoms with Crippen LogP contribution in [0.1, 0.15) is 18.7 Å². The largest absolute Gasteiger partial charge is 0.334 e. The second-order valence-corrected chi connectivity index (χ2v) is 6.26. The number of rotatable bonds is 5. The van der Waals surface area contributed by atoms with Crippen molar-refractivity contribution < 1.29 is 9.18 Å². The summed E-state index contributed by atoms with van der Waals surface area (Å²) < 4.78 is 12.9. The van der Waals surface area contributed by atoms with Crippen molar-refractivity contribution >= 4 is 17.2 Å². The maximum absolute atomic E-state index is 12.9. The first-order valence-electron chi connectivity index (χ1n) is 6.85. The summed E-state index contributed by atoms with van der Waals surface area (Å²) >= 11 is 1.61. The fourth-order valence-corrected chi connectivity index (χ4v) is 3.09. The van der Waals surface area contributed by atoms with Crippen LogP contribution in [0.15, 0.2) is 36.4 Å². The van der Waals surface area contributed by atoms with Crippen LogP contribution in [0.25, 0.3) is 10.4 Å². The summed E-state index contributed by atoms with van der Waals surface area (Å²) in [6.45, 7) is 4.53. The van der Waals surface area contributed by atoms with Gasteiger partial charge >= 0.3 is 0 Å². The van der Waals surface area contributed by atoms with Gasteiger partial charge in [0, 0.05) is 15.8 Å². The molecule has 1 amide bonds. The van der Waals surface area contributed by atoms with Crippen molar-refractivity contribution in [2.75, 3.05) is 6.54 Å². The van der Waals surface area contributed by atoms with E-state index in [4.69, 9.17) is 5.73 Å². The molecule has 0 aliphatic carbocycles. The molecule has 2 rings (SSSR count). The molecule has 0 saturated carbocycles. The predicted octanol–water partition coefficient (Wildman–Crippen LogP) is 3.25. The Bertz CT molecular complexity index is 607. The van der Waals surface area contributed by atoms with Crippen molar-refractivity contribution in [3.8, 4) is 10.4 Å². The molecule has 0 radical (unpaired) electrons. The van der Waals surface area contributed by atoms with Crippen molar-refractivity contribution in [1.29, 1.82) is 0 Å². The normalized spacial score (nSPS) is 10.9. The Morgan fingerprint density at radius 1 is 1.24 bits per heavy atom. The smallest absolute Gasteiger partial charge is 0.236 e. The van der Waals surface area contributed by atoms with Crippen LogP contribution in [-0.4, -0.2) is 23.4 Å². The molecule has 1 aromatic heterocycles. The minimum Gasteiger partial charge on any atom is -0.334 e. The van der Waals surface area contributed by atoms with Gasteiger partial charge in [0.25, 0.3) is 0 Å². The maximum atomic E-state index is 12.9. The van der Waals surface area contributed by atoms with Crippen molar-refractivity contribution in [2.24, 2.45) is 5.73 Å². The predicted molar refractivity (Wildman–Crippen MR) is 84.5 cm³/mol. The molecule has 5 heteroatoms. The number of hydrogen-bond donors (Lipinski definition) is 1. The number of amides is 1. The minimum atomic E-state index is -0.241. The molecule has 3 nitrogen and oxygen atoms in total. The molecule has 112 valence electrons. The fraction of sp³-hybridized carbons (Fsp3) is 0.312. The van der Waals surface area contributed by atoms with Gasteiger partial charge in [0.1, 0.15) is 5.82 Å². The highest BCUT2D eigenvalue weighted by molar-refractivity contribution is 7.15. The highest BCUT2D eigenvalue weighted by Gasteiger charge is 2.16. The third kappa shape index (κ3) is 3.89. The van der Waals surface area contributed by atoms with E-state index >= 15 is 0 Å². The topological polar surface area (TPSA) is 46.3 Å². The van der Waals surface area contributed by atoms with Crippen LogP contribution < -0.4 is 5.73 Å². The molecule has 0 atom stereocenters. The molecule has 2 N–H and O–H groups in total. The number of halogens is 1. The average Bonchev–Trinajstić information content (AvgIpc) is 2.93. The van der Waals surface area contributed by atoms with Crippen molar-refractivity contribution in [1.82, 2.24) is 4.90 Å². The number of nitrogens with zero attached hydrogens (tertiary/aromatic N) is 1. The molecular formula is C16H19FN2OS. The van der Waals surface area contributed by atoms with E-state index in [1.165, 1.54) is 12.1 Å². The summed E-state index contributed by atoms with van der Waals surface area (Å²) in [6, 6.07) is 10.5. The van der Waals surface area contributed by atoms with E-state index < -0.39 is 0 Å². The second kappa shape index (κ2) is 6.83. The van der Waals surface area contributed by atoms with Crippen LogP contribution in [0.2, 0.25) is 0 Å². The van der Waals surface area contributed by atoms with Crippen LogP contribution in [0.4, 0.5) is 4.39 Å². The lowest BCUT2D eigenvalue weighted by atomic mass is 10.2. The summed E-state index contributed by atoms with van der Waals surface area (Å²) in [5.41, 5.74) is 6.43. The highest BCUT2D eigenvalue weighted by Crippen LogP contribution is 2.29. The van der Waals surface area contributed by atoms with E-state index in [-0.39, 0.29) is 24.3 Å². The van der Waals surface area contributed by atoms with E-state index in [0.717, 1.165) is 15.3 Å². The standard InChI is InChI=1S/C16H19FN2OS/c1-11(2)19(16(20)9-18)10-14-7-8-15(21-14)12-3-5-13(17)6-4-12/h3-8,11H,9-10,18H2,1-2H3. The van der Waals surface area contributed by atoms with Gasteiger partial charge in [-0.05, 0) is 43.7 Å². The van der Waals surface area contributed by atoms with Crippen LogP contribution in [0.3, 0.4) is 0 Å². The Kier molecular flexibility index (Phi) is 5.09. The van der Waals surface area contributed by atoms with Crippen molar-refractivity contribution in [3.05, 3.63) is 47.1 Å². The van der Waals surface area contributed by atoms with Crippen molar-refractivity contribution in [3.63, 3.8) is 0 Å². The number of carbonyl (C=O) groups is 1. The molecule has 0 saturated heterocycles. The van der Waals surface area contributed by atoms with Gasteiger partial charge in [0.05, 0.1) is 13.1 Å². The Morgan fingerprint density at radius 2 is 1.90 bits per heavy atom. The molecular weight excluding hydrogens is 287 g/mol. The average molecular weight is 306 g/mol. The molecule has 21 heavy (non-hydrogen) atoms. The Labute approximate surface area is 128 Å². The first-order valence-corrected chi connectivity index (χ1v) is 7.67. The zero-order valence-electron chi connectivity index (χ0n) is 12.2. The summed E-state index contributed by atoms with van der Waals surface area (Å²) in [5.74, 6) is -0.295. The van der Waals surface area contributed by atoms with Gasteiger partial charge in [-0.25, -0.2) is 4.39 Å². The number of thiophene rings is 1. The van der Waals surface area contributed by atoms with Crippen LogP contribution in [-0.2, 0) is 11.3 Å². The Morgan fingerprint density at radius 3 is 2.48 bits per heavy atom. The number of carbonyl (C=O) groups excluding carboxylic acids is 1. The molecule has 0 unspecified atom stereocenters. The molecule has 0 bridgehead atoms. The van der Waals surface area contributed by atoms with Crippen LogP contribution >= 0.6 is 11.3 Å². The summed E-state index contributed by atoms with van der Waals surface area (Å²) in [5, 5.41) is 0.